The van der Waals surface area contributed by atoms with Gasteiger partial charge >= 0.3 is 0 Å². The molecule has 1 aliphatic heterocycles. The molecule has 1 atom stereocenters. The lowest BCUT2D eigenvalue weighted by molar-refractivity contribution is -0.183. The van der Waals surface area contributed by atoms with Gasteiger partial charge in [0.1, 0.15) is 11.6 Å². The third-order valence-electron chi connectivity index (χ3n) is 6.11. The molecule has 0 radical (unpaired) electrons. The van der Waals surface area contributed by atoms with Crippen LogP contribution in [0.3, 0.4) is 0 Å². The third-order valence-corrected chi connectivity index (χ3v) is 6.11. The van der Waals surface area contributed by atoms with Crippen LogP contribution in [-0.4, -0.2) is 27.5 Å². The van der Waals surface area contributed by atoms with E-state index in [2.05, 4.69) is 9.97 Å². The van der Waals surface area contributed by atoms with Crippen molar-refractivity contribution in [3.05, 3.63) is 58.9 Å². The number of carbonyl (C=O) groups is 1. The Kier molecular flexibility index (Phi) is 6.05. The molecule has 2 aliphatic rings. The fourth-order valence-corrected chi connectivity index (χ4v) is 4.51. The SMILES string of the molecule is Cc1ncc(CC2CCC(C(=O)N3OCC[C@H]3c3cc(F)cc(C#N)c3)CC2)cn1. The van der Waals surface area contributed by atoms with Gasteiger partial charge in [-0.3, -0.25) is 9.63 Å². The van der Waals surface area contributed by atoms with E-state index in [1.165, 1.54) is 17.2 Å². The summed E-state index contributed by atoms with van der Waals surface area (Å²) < 4.78 is 13.9. The van der Waals surface area contributed by atoms with Gasteiger partial charge < -0.3 is 0 Å². The zero-order valence-corrected chi connectivity index (χ0v) is 17.1. The van der Waals surface area contributed by atoms with Gasteiger partial charge in [0, 0.05) is 24.7 Å². The summed E-state index contributed by atoms with van der Waals surface area (Å²) in [5.41, 5.74) is 2.01. The van der Waals surface area contributed by atoms with Crippen molar-refractivity contribution in [2.24, 2.45) is 11.8 Å². The van der Waals surface area contributed by atoms with Gasteiger partial charge in [0.25, 0.3) is 0 Å². The van der Waals surface area contributed by atoms with E-state index in [-0.39, 0.29) is 23.4 Å². The van der Waals surface area contributed by atoms with Crippen LogP contribution in [0.5, 0.6) is 0 Å². The molecule has 2 aromatic rings. The molecule has 4 rings (SSSR count). The summed E-state index contributed by atoms with van der Waals surface area (Å²) in [4.78, 5) is 27.3. The largest absolute Gasteiger partial charge is 0.272 e. The average molecular weight is 408 g/mol. The van der Waals surface area contributed by atoms with Crippen LogP contribution in [0.1, 0.15) is 60.7 Å². The fraction of sp³-hybridized carbons (Fsp3) is 0.478. The fourth-order valence-electron chi connectivity index (χ4n) is 4.51. The summed E-state index contributed by atoms with van der Waals surface area (Å²) >= 11 is 0. The Bertz CT molecular complexity index is 949. The predicted molar refractivity (Wildman–Crippen MR) is 107 cm³/mol. The van der Waals surface area contributed by atoms with Crippen molar-refractivity contribution >= 4 is 5.91 Å². The second-order valence-electron chi connectivity index (χ2n) is 8.25. The first kappa shape index (κ1) is 20.4. The number of benzene rings is 1. The summed E-state index contributed by atoms with van der Waals surface area (Å²) in [6.45, 7) is 2.29. The first-order valence-corrected chi connectivity index (χ1v) is 10.5. The molecule has 156 valence electrons. The van der Waals surface area contributed by atoms with Gasteiger partial charge in [-0.1, -0.05) is 0 Å². The topological polar surface area (TPSA) is 79.1 Å². The third kappa shape index (κ3) is 4.49. The molecule has 0 unspecified atom stereocenters. The minimum absolute atomic E-state index is 0.0302. The van der Waals surface area contributed by atoms with Crippen LogP contribution in [0.2, 0.25) is 0 Å². The van der Waals surface area contributed by atoms with Gasteiger partial charge in [-0.15, -0.1) is 0 Å². The molecule has 2 heterocycles. The highest BCUT2D eigenvalue weighted by molar-refractivity contribution is 5.78. The highest BCUT2D eigenvalue weighted by Gasteiger charge is 2.37. The number of hydroxylamine groups is 2. The first-order valence-electron chi connectivity index (χ1n) is 10.5. The second kappa shape index (κ2) is 8.88. The number of aryl methyl sites for hydroxylation is 1. The van der Waals surface area contributed by atoms with Gasteiger partial charge in [-0.25, -0.2) is 19.4 Å². The number of aromatic nitrogens is 2. The maximum absolute atomic E-state index is 13.9. The molecular formula is C23H25FN4O2. The van der Waals surface area contributed by atoms with Crippen molar-refractivity contribution in [1.82, 2.24) is 15.0 Å². The number of nitriles is 1. The molecule has 30 heavy (non-hydrogen) atoms. The van der Waals surface area contributed by atoms with Crippen LogP contribution in [-0.2, 0) is 16.1 Å². The number of hydrogen-bond donors (Lipinski definition) is 0. The van der Waals surface area contributed by atoms with Crippen molar-refractivity contribution in [2.45, 2.75) is 51.5 Å². The molecule has 1 aromatic heterocycles. The Morgan fingerprint density at radius 3 is 2.63 bits per heavy atom. The van der Waals surface area contributed by atoms with Gasteiger partial charge in [0.05, 0.1) is 24.3 Å². The van der Waals surface area contributed by atoms with E-state index in [9.17, 15) is 9.18 Å². The first-order chi connectivity index (χ1) is 14.5. The molecule has 2 fully saturated rings. The lowest BCUT2D eigenvalue weighted by atomic mass is 9.79. The lowest BCUT2D eigenvalue weighted by Gasteiger charge is -2.32. The maximum atomic E-state index is 13.9. The summed E-state index contributed by atoms with van der Waals surface area (Å²) in [5, 5.41) is 10.5. The quantitative estimate of drug-likeness (QED) is 0.763. The summed E-state index contributed by atoms with van der Waals surface area (Å²) in [5.74, 6) is 0.715. The van der Waals surface area contributed by atoms with Crippen LogP contribution in [0.25, 0.3) is 0 Å². The van der Waals surface area contributed by atoms with Crippen molar-refractivity contribution in [3.8, 4) is 6.07 Å². The number of halogens is 1. The standard InChI is InChI=1S/C23H25FN4O2/c1-15-26-13-18(14-27-15)8-16-2-4-19(5-3-16)23(29)28-22(6-7-30-28)20-9-17(12-25)10-21(24)11-20/h9-11,13-14,16,19,22H,2-8H2,1H3/t16?,19?,22-/m0/s1. The monoisotopic (exact) mass is 408 g/mol. The van der Waals surface area contributed by atoms with E-state index in [0.717, 1.165) is 43.5 Å². The maximum Gasteiger partial charge on any atom is 0.249 e. The Morgan fingerprint density at radius 1 is 1.20 bits per heavy atom. The zero-order chi connectivity index (χ0) is 21.1. The van der Waals surface area contributed by atoms with Crippen molar-refractivity contribution in [2.75, 3.05) is 6.61 Å². The Morgan fingerprint density at radius 2 is 1.93 bits per heavy atom. The second-order valence-corrected chi connectivity index (χ2v) is 8.25. The highest BCUT2D eigenvalue weighted by atomic mass is 19.1. The molecule has 6 nitrogen and oxygen atoms in total. The van der Waals surface area contributed by atoms with Gasteiger partial charge in [-0.2, -0.15) is 5.26 Å². The minimum atomic E-state index is -0.469. The van der Waals surface area contributed by atoms with Crippen LogP contribution < -0.4 is 0 Å². The Balaban J connectivity index is 1.38. The molecule has 1 saturated heterocycles. The van der Waals surface area contributed by atoms with E-state index < -0.39 is 5.82 Å². The van der Waals surface area contributed by atoms with Crippen LogP contribution in [0.15, 0.2) is 30.6 Å². The number of hydrogen-bond acceptors (Lipinski definition) is 5. The zero-order valence-electron chi connectivity index (χ0n) is 17.1. The summed E-state index contributed by atoms with van der Waals surface area (Å²) in [7, 11) is 0. The molecule has 1 amide bonds. The van der Waals surface area contributed by atoms with E-state index in [4.69, 9.17) is 10.1 Å². The van der Waals surface area contributed by atoms with E-state index in [1.807, 2.05) is 25.4 Å². The number of amides is 1. The highest BCUT2D eigenvalue weighted by Crippen LogP contribution is 2.37. The van der Waals surface area contributed by atoms with Crippen LogP contribution >= 0.6 is 0 Å². The molecule has 1 aromatic carbocycles. The Hall–Kier alpha value is -2.85. The average Bonchev–Trinajstić information content (AvgIpc) is 3.25. The normalized spacial score (nSPS) is 23.9. The minimum Gasteiger partial charge on any atom is -0.272 e. The molecule has 0 N–H and O–H groups in total. The van der Waals surface area contributed by atoms with Crippen molar-refractivity contribution in [1.29, 1.82) is 5.26 Å². The van der Waals surface area contributed by atoms with Crippen LogP contribution in [0.4, 0.5) is 4.39 Å². The van der Waals surface area contributed by atoms with Crippen LogP contribution in [0, 0.1) is 35.9 Å². The van der Waals surface area contributed by atoms with Gasteiger partial charge in [-0.05, 0) is 74.3 Å². The Labute approximate surface area is 175 Å². The number of nitrogens with zero attached hydrogens (tertiary/aromatic N) is 4. The summed E-state index contributed by atoms with van der Waals surface area (Å²) in [6.07, 6.45) is 8.88. The molecular weight excluding hydrogens is 383 g/mol. The number of carbonyl (C=O) groups excluding carboxylic acids is 1. The smallest absolute Gasteiger partial charge is 0.249 e. The van der Waals surface area contributed by atoms with Gasteiger partial charge in [0.2, 0.25) is 5.91 Å². The number of rotatable bonds is 4. The van der Waals surface area contributed by atoms with Crippen molar-refractivity contribution in [3.63, 3.8) is 0 Å². The molecule has 1 aliphatic carbocycles. The molecule has 0 spiro atoms. The van der Waals surface area contributed by atoms with E-state index >= 15 is 0 Å². The molecule has 0 bridgehead atoms. The molecule has 1 saturated carbocycles. The predicted octanol–water partition coefficient (Wildman–Crippen LogP) is 4.05. The lowest BCUT2D eigenvalue weighted by Crippen LogP contribution is -2.36. The molecule has 7 heteroatoms. The summed E-state index contributed by atoms with van der Waals surface area (Å²) in [6, 6.07) is 5.86. The van der Waals surface area contributed by atoms with Crippen molar-refractivity contribution < 1.29 is 14.0 Å². The van der Waals surface area contributed by atoms with Gasteiger partial charge in [0.15, 0.2) is 0 Å². The van der Waals surface area contributed by atoms with E-state index in [0.29, 0.717) is 24.5 Å². The van der Waals surface area contributed by atoms with E-state index in [1.54, 1.807) is 6.07 Å².